The second-order valence-corrected chi connectivity index (χ2v) is 7.05. The van der Waals surface area contributed by atoms with E-state index in [2.05, 4.69) is 20.2 Å². The van der Waals surface area contributed by atoms with Gasteiger partial charge in [-0.25, -0.2) is 4.39 Å². The molecule has 1 aliphatic rings. The SMILES string of the molecule is CO/N=C/c1ccc(C(=O)NCC(c2c(F)cccc2Cl)N2CCCC2)cc1. The molecule has 5 nitrogen and oxygen atoms in total. The van der Waals surface area contributed by atoms with E-state index in [1.807, 2.05) is 0 Å². The van der Waals surface area contributed by atoms with Crippen LogP contribution in [0.4, 0.5) is 4.39 Å². The van der Waals surface area contributed by atoms with Crippen LogP contribution in [0, 0.1) is 5.82 Å². The maximum absolute atomic E-state index is 14.5. The summed E-state index contributed by atoms with van der Waals surface area (Å²) < 4.78 is 14.5. The van der Waals surface area contributed by atoms with Crippen molar-refractivity contribution in [2.24, 2.45) is 5.16 Å². The summed E-state index contributed by atoms with van der Waals surface area (Å²) in [6.45, 7) is 2.00. The van der Waals surface area contributed by atoms with Crippen molar-refractivity contribution in [1.29, 1.82) is 0 Å². The van der Waals surface area contributed by atoms with E-state index in [1.165, 1.54) is 13.2 Å². The van der Waals surface area contributed by atoms with Crippen molar-refractivity contribution in [3.05, 3.63) is 70.0 Å². The number of benzene rings is 2. The van der Waals surface area contributed by atoms with Crippen LogP contribution < -0.4 is 5.32 Å². The van der Waals surface area contributed by atoms with E-state index in [1.54, 1.807) is 42.6 Å². The van der Waals surface area contributed by atoms with Gasteiger partial charge in [0.25, 0.3) is 5.91 Å². The maximum Gasteiger partial charge on any atom is 0.251 e. The van der Waals surface area contributed by atoms with Gasteiger partial charge < -0.3 is 10.2 Å². The smallest absolute Gasteiger partial charge is 0.251 e. The zero-order chi connectivity index (χ0) is 19.9. The molecule has 2 aromatic rings. The average molecular weight is 404 g/mol. The number of nitrogens with zero attached hydrogens (tertiary/aromatic N) is 2. The van der Waals surface area contributed by atoms with Crippen LogP contribution in [0.15, 0.2) is 47.6 Å². The summed E-state index contributed by atoms with van der Waals surface area (Å²) in [6.07, 6.45) is 3.67. The van der Waals surface area contributed by atoms with Gasteiger partial charge in [-0.1, -0.05) is 35.0 Å². The van der Waals surface area contributed by atoms with Crippen LogP contribution in [0.3, 0.4) is 0 Å². The molecule has 0 aromatic heterocycles. The third-order valence-electron chi connectivity index (χ3n) is 4.85. The van der Waals surface area contributed by atoms with Crippen LogP contribution in [0.2, 0.25) is 5.02 Å². The predicted octanol–water partition coefficient (Wildman–Crippen LogP) is 4.03. The highest BCUT2D eigenvalue weighted by atomic mass is 35.5. The van der Waals surface area contributed by atoms with E-state index in [0.717, 1.165) is 31.5 Å². The van der Waals surface area contributed by atoms with Crippen LogP contribution in [-0.4, -0.2) is 43.8 Å². The Morgan fingerprint density at radius 3 is 2.64 bits per heavy atom. The first-order valence-corrected chi connectivity index (χ1v) is 9.60. The molecular formula is C21H23ClFN3O2. The topological polar surface area (TPSA) is 53.9 Å². The monoisotopic (exact) mass is 403 g/mol. The number of amides is 1. The number of halogens is 2. The molecule has 2 aromatic carbocycles. The third-order valence-corrected chi connectivity index (χ3v) is 5.18. The fraction of sp³-hybridized carbons (Fsp3) is 0.333. The summed E-state index contributed by atoms with van der Waals surface area (Å²) in [5, 5.41) is 7.00. The molecule has 3 rings (SSSR count). The van der Waals surface area contributed by atoms with Crippen molar-refractivity contribution in [3.8, 4) is 0 Å². The quantitative estimate of drug-likeness (QED) is 0.561. The number of nitrogens with one attached hydrogen (secondary N) is 1. The molecule has 1 N–H and O–H groups in total. The third kappa shape index (κ3) is 4.88. The molecule has 148 valence electrons. The van der Waals surface area contributed by atoms with Gasteiger partial charge in [-0.3, -0.25) is 9.69 Å². The lowest BCUT2D eigenvalue weighted by atomic mass is 10.0. The summed E-state index contributed by atoms with van der Waals surface area (Å²) in [5.41, 5.74) is 1.79. The Labute approximate surface area is 169 Å². The summed E-state index contributed by atoms with van der Waals surface area (Å²) >= 11 is 6.29. The van der Waals surface area contributed by atoms with Crippen LogP contribution in [0.1, 0.15) is 40.4 Å². The van der Waals surface area contributed by atoms with Gasteiger partial charge in [-0.2, -0.15) is 0 Å². The second-order valence-electron chi connectivity index (χ2n) is 6.64. The second kappa shape index (κ2) is 9.66. The van der Waals surface area contributed by atoms with Crippen LogP contribution in [0.25, 0.3) is 0 Å². The molecule has 0 bridgehead atoms. The van der Waals surface area contributed by atoms with Gasteiger partial charge in [-0.15, -0.1) is 0 Å². The van der Waals surface area contributed by atoms with Gasteiger partial charge in [-0.05, 0) is 55.8 Å². The van der Waals surface area contributed by atoms with Crippen molar-refractivity contribution >= 4 is 23.7 Å². The minimum atomic E-state index is -0.347. The fourth-order valence-corrected chi connectivity index (χ4v) is 3.71. The van der Waals surface area contributed by atoms with E-state index >= 15 is 0 Å². The van der Waals surface area contributed by atoms with Crippen LogP contribution >= 0.6 is 11.6 Å². The molecular weight excluding hydrogens is 381 g/mol. The molecule has 1 aliphatic heterocycles. The lowest BCUT2D eigenvalue weighted by Gasteiger charge is -2.29. The van der Waals surface area contributed by atoms with Crippen molar-refractivity contribution in [2.45, 2.75) is 18.9 Å². The highest BCUT2D eigenvalue weighted by Crippen LogP contribution is 2.32. The highest BCUT2D eigenvalue weighted by molar-refractivity contribution is 6.31. The average Bonchev–Trinajstić information content (AvgIpc) is 3.23. The van der Waals surface area contributed by atoms with Gasteiger partial charge >= 0.3 is 0 Å². The predicted molar refractivity (Wildman–Crippen MR) is 108 cm³/mol. The Morgan fingerprint density at radius 1 is 1.29 bits per heavy atom. The summed E-state index contributed by atoms with van der Waals surface area (Å²) in [7, 11) is 1.47. The Morgan fingerprint density at radius 2 is 2.00 bits per heavy atom. The van der Waals surface area contributed by atoms with E-state index in [0.29, 0.717) is 16.1 Å². The van der Waals surface area contributed by atoms with Crippen molar-refractivity contribution in [2.75, 3.05) is 26.7 Å². The number of rotatable bonds is 7. The normalized spacial score (nSPS) is 15.7. The number of carbonyl (C=O) groups excluding carboxylic acids is 1. The Balaban J connectivity index is 1.73. The van der Waals surface area contributed by atoms with E-state index in [-0.39, 0.29) is 24.3 Å². The van der Waals surface area contributed by atoms with E-state index < -0.39 is 0 Å². The summed E-state index contributed by atoms with van der Waals surface area (Å²) in [4.78, 5) is 19.4. The van der Waals surface area contributed by atoms with Crippen molar-refractivity contribution < 1.29 is 14.0 Å². The number of oxime groups is 1. The Hall–Kier alpha value is -2.44. The molecule has 0 radical (unpaired) electrons. The van der Waals surface area contributed by atoms with Crippen LogP contribution in [0.5, 0.6) is 0 Å². The minimum Gasteiger partial charge on any atom is -0.399 e. The number of hydrogen-bond donors (Lipinski definition) is 1. The van der Waals surface area contributed by atoms with Gasteiger partial charge in [0.1, 0.15) is 12.9 Å². The van der Waals surface area contributed by atoms with Gasteiger partial charge in [0.2, 0.25) is 0 Å². The largest absolute Gasteiger partial charge is 0.399 e. The lowest BCUT2D eigenvalue weighted by Crippen LogP contribution is -2.37. The molecule has 0 saturated carbocycles. The molecule has 0 aliphatic carbocycles. The van der Waals surface area contributed by atoms with Crippen molar-refractivity contribution in [1.82, 2.24) is 10.2 Å². The Bertz CT molecular complexity index is 816. The Kier molecular flexibility index (Phi) is 7.01. The zero-order valence-electron chi connectivity index (χ0n) is 15.7. The molecule has 1 atom stereocenters. The zero-order valence-corrected chi connectivity index (χ0v) is 16.5. The number of likely N-dealkylation sites (tertiary alicyclic amines) is 1. The molecule has 0 spiro atoms. The highest BCUT2D eigenvalue weighted by Gasteiger charge is 2.28. The standard InChI is InChI=1S/C21H23ClFN3O2/c1-28-25-13-15-7-9-16(10-8-15)21(27)24-14-19(26-11-2-3-12-26)20-17(22)5-4-6-18(20)23/h4-10,13,19H,2-3,11-12,14H2,1H3,(H,24,27)/b25-13+. The number of hydrogen-bond acceptors (Lipinski definition) is 4. The molecule has 1 unspecified atom stereocenters. The summed E-state index contributed by atoms with van der Waals surface area (Å²) in [6, 6.07) is 11.4. The molecule has 28 heavy (non-hydrogen) atoms. The minimum absolute atomic E-state index is 0.216. The van der Waals surface area contributed by atoms with Gasteiger partial charge in [0.05, 0.1) is 12.3 Å². The first-order chi connectivity index (χ1) is 13.6. The van der Waals surface area contributed by atoms with E-state index in [9.17, 15) is 9.18 Å². The molecule has 1 amide bonds. The maximum atomic E-state index is 14.5. The first kappa shape index (κ1) is 20.3. The number of carbonyl (C=O) groups is 1. The molecule has 1 heterocycles. The van der Waals surface area contributed by atoms with Gasteiger partial charge in [0.15, 0.2) is 0 Å². The van der Waals surface area contributed by atoms with Crippen LogP contribution in [-0.2, 0) is 4.84 Å². The van der Waals surface area contributed by atoms with Gasteiger partial charge in [0, 0.05) is 22.7 Å². The van der Waals surface area contributed by atoms with E-state index in [4.69, 9.17) is 11.6 Å². The lowest BCUT2D eigenvalue weighted by molar-refractivity contribution is 0.0937. The molecule has 1 saturated heterocycles. The molecule has 1 fully saturated rings. The van der Waals surface area contributed by atoms with Crippen molar-refractivity contribution in [3.63, 3.8) is 0 Å². The molecule has 7 heteroatoms. The first-order valence-electron chi connectivity index (χ1n) is 9.23. The fourth-order valence-electron chi connectivity index (χ4n) is 3.42. The summed E-state index contributed by atoms with van der Waals surface area (Å²) in [5.74, 6) is -0.563.